The van der Waals surface area contributed by atoms with Gasteiger partial charge in [0.2, 0.25) is 5.91 Å². The minimum Gasteiger partial charge on any atom is -0.463 e. The summed E-state index contributed by atoms with van der Waals surface area (Å²) in [7, 11) is 0. The summed E-state index contributed by atoms with van der Waals surface area (Å²) >= 11 is 1.37. The first kappa shape index (κ1) is 19.8. The molecule has 1 unspecified atom stereocenters. The molecule has 1 aromatic carbocycles. The Hall–Kier alpha value is -2.47. The molecule has 138 valence electrons. The molecule has 0 aliphatic rings. The number of Topliss-reactive ketones (excluding diaryl/α,β-unsaturated/α-hetero) is 1. The lowest BCUT2D eigenvalue weighted by Gasteiger charge is -2.19. The van der Waals surface area contributed by atoms with Gasteiger partial charge in [0.1, 0.15) is 0 Å². The van der Waals surface area contributed by atoms with E-state index in [0.717, 1.165) is 5.56 Å². The summed E-state index contributed by atoms with van der Waals surface area (Å²) in [5.74, 6) is -0.685. The molecule has 0 bridgehead atoms. The summed E-state index contributed by atoms with van der Waals surface area (Å²) in [6.45, 7) is 3.56. The SMILES string of the molecule is CC(C)OC(=O)CC(NC(=O)CCC(=O)c1cccs1)c1ccccc1. The van der Waals surface area contributed by atoms with Crippen molar-refractivity contribution in [3.63, 3.8) is 0 Å². The predicted molar refractivity (Wildman–Crippen MR) is 101 cm³/mol. The molecule has 0 fully saturated rings. The van der Waals surface area contributed by atoms with Crippen molar-refractivity contribution in [1.29, 1.82) is 0 Å². The van der Waals surface area contributed by atoms with E-state index in [2.05, 4.69) is 5.32 Å². The second-order valence-corrected chi connectivity index (χ2v) is 7.12. The van der Waals surface area contributed by atoms with E-state index in [1.54, 1.807) is 19.9 Å². The molecule has 0 aliphatic carbocycles. The van der Waals surface area contributed by atoms with Crippen molar-refractivity contribution >= 4 is 29.0 Å². The van der Waals surface area contributed by atoms with Crippen LogP contribution < -0.4 is 5.32 Å². The maximum absolute atomic E-state index is 12.3. The molecule has 1 aromatic heterocycles. The molecule has 1 atom stereocenters. The first-order valence-corrected chi connectivity index (χ1v) is 9.44. The summed E-state index contributed by atoms with van der Waals surface area (Å²) < 4.78 is 5.19. The summed E-state index contributed by atoms with van der Waals surface area (Å²) in [6.07, 6.45) is 0.0641. The fraction of sp³-hybridized carbons (Fsp3) is 0.350. The van der Waals surface area contributed by atoms with Crippen molar-refractivity contribution in [3.8, 4) is 0 Å². The zero-order chi connectivity index (χ0) is 18.9. The molecular formula is C20H23NO4S. The zero-order valence-electron chi connectivity index (χ0n) is 14.9. The quantitative estimate of drug-likeness (QED) is 0.534. The van der Waals surface area contributed by atoms with Crippen LogP contribution in [0, 0.1) is 0 Å². The van der Waals surface area contributed by atoms with Crippen LogP contribution in [-0.4, -0.2) is 23.8 Å². The number of ketones is 1. The van der Waals surface area contributed by atoms with E-state index >= 15 is 0 Å². The topological polar surface area (TPSA) is 72.5 Å². The lowest BCUT2D eigenvalue weighted by atomic mass is 10.0. The number of thiophene rings is 1. The van der Waals surface area contributed by atoms with Crippen molar-refractivity contribution < 1.29 is 19.1 Å². The molecule has 0 radical (unpaired) electrons. The number of nitrogens with one attached hydrogen (secondary N) is 1. The standard InChI is InChI=1S/C20H23NO4S/c1-14(2)25-20(24)13-16(15-7-4-3-5-8-15)21-19(23)11-10-17(22)18-9-6-12-26-18/h3-9,12,14,16H,10-11,13H2,1-2H3,(H,21,23). The number of hydrogen-bond donors (Lipinski definition) is 1. The Bertz CT molecular complexity index is 726. The molecule has 1 heterocycles. The van der Waals surface area contributed by atoms with Gasteiger partial charge in [-0.25, -0.2) is 0 Å². The fourth-order valence-corrected chi connectivity index (χ4v) is 3.16. The number of benzene rings is 1. The molecular weight excluding hydrogens is 350 g/mol. The van der Waals surface area contributed by atoms with Gasteiger partial charge in [-0.05, 0) is 30.9 Å². The Morgan fingerprint density at radius 1 is 1.04 bits per heavy atom. The number of carbonyl (C=O) groups is 3. The fourth-order valence-electron chi connectivity index (χ4n) is 2.47. The maximum atomic E-state index is 12.3. The third-order valence-corrected chi connectivity index (χ3v) is 4.56. The van der Waals surface area contributed by atoms with Crippen LogP contribution in [0.5, 0.6) is 0 Å². The highest BCUT2D eigenvalue weighted by molar-refractivity contribution is 7.12. The normalized spacial score (nSPS) is 11.8. The van der Waals surface area contributed by atoms with Crippen molar-refractivity contribution in [2.45, 2.75) is 45.3 Å². The first-order chi connectivity index (χ1) is 12.5. The van der Waals surface area contributed by atoms with Gasteiger partial charge in [-0.15, -0.1) is 11.3 Å². The number of esters is 1. The van der Waals surface area contributed by atoms with Gasteiger partial charge in [0.25, 0.3) is 0 Å². The molecule has 26 heavy (non-hydrogen) atoms. The van der Waals surface area contributed by atoms with Gasteiger partial charge in [0.05, 0.1) is 23.4 Å². The lowest BCUT2D eigenvalue weighted by Crippen LogP contribution is -2.31. The zero-order valence-corrected chi connectivity index (χ0v) is 15.8. The highest BCUT2D eigenvalue weighted by atomic mass is 32.1. The third kappa shape index (κ3) is 6.44. The number of ether oxygens (including phenoxy) is 1. The monoisotopic (exact) mass is 373 g/mol. The Morgan fingerprint density at radius 3 is 2.38 bits per heavy atom. The van der Waals surface area contributed by atoms with E-state index in [1.165, 1.54) is 11.3 Å². The van der Waals surface area contributed by atoms with Crippen LogP contribution in [0.3, 0.4) is 0 Å². The van der Waals surface area contributed by atoms with Gasteiger partial charge in [0.15, 0.2) is 5.78 Å². The van der Waals surface area contributed by atoms with Gasteiger partial charge in [-0.1, -0.05) is 36.4 Å². The molecule has 6 heteroatoms. The lowest BCUT2D eigenvalue weighted by molar-refractivity contribution is -0.148. The molecule has 2 aromatic rings. The van der Waals surface area contributed by atoms with Crippen molar-refractivity contribution in [3.05, 3.63) is 58.3 Å². The Kier molecular flexibility index (Phi) is 7.53. The second-order valence-electron chi connectivity index (χ2n) is 6.17. The number of carbonyl (C=O) groups excluding carboxylic acids is 3. The van der Waals surface area contributed by atoms with E-state index in [4.69, 9.17) is 4.74 Å². The van der Waals surface area contributed by atoms with Gasteiger partial charge in [-0.2, -0.15) is 0 Å². The van der Waals surface area contributed by atoms with Crippen molar-refractivity contribution in [1.82, 2.24) is 5.32 Å². The van der Waals surface area contributed by atoms with Gasteiger partial charge in [0, 0.05) is 12.8 Å². The predicted octanol–water partition coefficient (Wildman–Crippen LogP) is 3.91. The van der Waals surface area contributed by atoms with E-state index in [0.29, 0.717) is 4.88 Å². The molecule has 5 nitrogen and oxygen atoms in total. The minimum absolute atomic E-state index is 0.0484. The average molecular weight is 373 g/mol. The first-order valence-electron chi connectivity index (χ1n) is 8.56. The van der Waals surface area contributed by atoms with Crippen LogP contribution in [0.4, 0.5) is 0 Å². The van der Waals surface area contributed by atoms with E-state index in [-0.39, 0.29) is 43.0 Å². The minimum atomic E-state index is -0.480. The maximum Gasteiger partial charge on any atom is 0.308 e. The summed E-state index contributed by atoms with van der Waals surface area (Å²) in [5, 5.41) is 4.68. The second kappa shape index (κ2) is 9.87. The van der Waals surface area contributed by atoms with Crippen LogP contribution >= 0.6 is 11.3 Å². The van der Waals surface area contributed by atoms with E-state index < -0.39 is 6.04 Å². The molecule has 0 spiro atoms. The highest BCUT2D eigenvalue weighted by Gasteiger charge is 2.20. The Morgan fingerprint density at radius 2 is 1.77 bits per heavy atom. The van der Waals surface area contributed by atoms with Crippen LogP contribution in [0.25, 0.3) is 0 Å². The number of amides is 1. The van der Waals surface area contributed by atoms with Crippen LogP contribution in [0.2, 0.25) is 0 Å². The van der Waals surface area contributed by atoms with E-state index in [9.17, 15) is 14.4 Å². The summed E-state index contributed by atoms with van der Waals surface area (Å²) in [6, 6.07) is 12.4. The number of hydrogen-bond acceptors (Lipinski definition) is 5. The van der Waals surface area contributed by atoms with Gasteiger partial charge < -0.3 is 10.1 Å². The van der Waals surface area contributed by atoms with Crippen LogP contribution in [0.1, 0.15) is 54.4 Å². The highest BCUT2D eigenvalue weighted by Crippen LogP contribution is 2.18. The smallest absolute Gasteiger partial charge is 0.308 e. The molecule has 2 rings (SSSR count). The average Bonchev–Trinajstić information content (AvgIpc) is 3.14. The Balaban J connectivity index is 1.95. The molecule has 0 aliphatic heterocycles. The molecule has 0 saturated heterocycles. The summed E-state index contributed by atoms with van der Waals surface area (Å²) in [4.78, 5) is 37.0. The van der Waals surface area contributed by atoms with Crippen molar-refractivity contribution in [2.24, 2.45) is 0 Å². The third-order valence-electron chi connectivity index (χ3n) is 3.65. The Labute approximate surface area is 157 Å². The largest absolute Gasteiger partial charge is 0.463 e. The van der Waals surface area contributed by atoms with Gasteiger partial charge in [-0.3, -0.25) is 14.4 Å². The molecule has 0 saturated carbocycles. The van der Waals surface area contributed by atoms with Gasteiger partial charge >= 0.3 is 5.97 Å². The molecule has 1 N–H and O–H groups in total. The molecule has 1 amide bonds. The van der Waals surface area contributed by atoms with E-state index in [1.807, 2.05) is 41.8 Å². The van der Waals surface area contributed by atoms with Crippen LogP contribution in [0.15, 0.2) is 47.8 Å². The number of rotatable bonds is 9. The summed E-state index contributed by atoms with van der Waals surface area (Å²) in [5.41, 5.74) is 0.825. The van der Waals surface area contributed by atoms with Crippen LogP contribution in [-0.2, 0) is 14.3 Å². The van der Waals surface area contributed by atoms with Crippen molar-refractivity contribution in [2.75, 3.05) is 0 Å².